The summed E-state index contributed by atoms with van der Waals surface area (Å²) in [4.78, 5) is 2.37. The van der Waals surface area contributed by atoms with E-state index in [1.54, 1.807) is 12.1 Å². The molecule has 1 fully saturated rings. The van der Waals surface area contributed by atoms with Gasteiger partial charge in [0.1, 0.15) is 0 Å². The van der Waals surface area contributed by atoms with E-state index < -0.39 is 0 Å². The first-order valence-electron chi connectivity index (χ1n) is 9.09. The lowest BCUT2D eigenvalue weighted by atomic mass is 10.1. The van der Waals surface area contributed by atoms with Gasteiger partial charge in [-0.3, -0.25) is 4.90 Å². The zero-order valence-corrected chi connectivity index (χ0v) is 17.5. The number of rotatable bonds is 2. The Kier molecular flexibility index (Phi) is 7.22. The number of hydrogen-bond donors (Lipinski definition) is 2. The van der Waals surface area contributed by atoms with Crippen LogP contribution in [0.4, 0.5) is 0 Å². The maximum Gasteiger partial charge on any atom is 0.0992 e. The molecule has 4 rings (SSSR count). The fraction of sp³-hybridized carbons (Fsp3) is 0.381. The van der Waals surface area contributed by atoms with E-state index in [-0.39, 0.29) is 12.7 Å². The monoisotopic (exact) mass is 438 g/mol. The summed E-state index contributed by atoms with van der Waals surface area (Å²) < 4.78 is 0. The molecule has 1 unspecified atom stereocenters. The summed E-state index contributed by atoms with van der Waals surface area (Å²) in [5, 5.41) is 28.7. The van der Waals surface area contributed by atoms with Crippen LogP contribution in [0.2, 0.25) is 15.1 Å². The summed E-state index contributed by atoms with van der Waals surface area (Å²) in [5.41, 5.74) is 3.66. The maximum absolute atomic E-state index is 9.59. The van der Waals surface area contributed by atoms with Gasteiger partial charge in [-0.05, 0) is 60.2 Å². The standard InChI is InChI=1S/C13H15Cl2NO.C8H6ClNO/c14-9-3-8-4-10(6-12(8)13(15)5-9)16-2-1-11(17)7-16;9-8-3-6(4-10)1-2-7(8)5-11/h3,5,10-11,17H,1-2,4,6-7H2;1-3,11H,5H2/t10-,11?;/m1./s1. The van der Waals surface area contributed by atoms with Gasteiger partial charge in [-0.25, -0.2) is 0 Å². The first-order valence-corrected chi connectivity index (χ1v) is 10.2. The first kappa shape index (κ1) is 21.4. The molecule has 1 aliphatic heterocycles. The predicted octanol–water partition coefficient (Wildman–Crippen LogP) is 4.23. The van der Waals surface area contributed by atoms with Crippen molar-refractivity contribution in [3.63, 3.8) is 0 Å². The summed E-state index contributed by atoms with van der Waals surface area (Å²) in [6.07, 6.45) is 2.72. The Bertz CT molecular complexity index is 898. The molecule has 0 bridgehead atoms. The number of nitriles is 1. The van der Waals surface area contributed by atoms with Crippen LogP contribution in [-0.2, 0) is 19.4 Å². The van der Waals surface area contributed by atoms with Crippen molar-refractivity contribution in [2.24, 2.45) is 0 Å². The molecule has 2 N–H and O–H groups in total. The van der Waals surface area contributed by atoms with Crippen LogP contribution in [0.15, 0.2) is 30.3 Å². The van der Waals surface area contributed by atoms with E-state index in [2.05, 4.69) is 4.90 Å². The van der Waals surface area contributed by atoms with Crippen LogP contribution in [0.5, 0.6) is 0 Å². The van der Waals surface area contributed by atoms with Crippen LogP contribution in [0.25, 0.3) is 0 Å². The summed E-state index contributed by atoms with van der Waals surface area (Å²) in [6, 6.07) is 11.1. The van der Waals surface area contributed by atoms with E-state index in [4.69, 9.17) is 45.2 Å². The van der Waals surface area contributed by atoms with Crippen molar-refractivity contribution < 1.29 is 10.2 Å². The van der Waals surface area contributed by atoms with Crippen molar-refractivity contribution in [1.29, 1.82) is 5.26 Å². The smallest absolute Gasteiger partial charge is 0.0992 e. The lowest BCUT2D eigenvalue weighted by molar-refractivity contribution is 0.160. The topological polar surface area (TPSA) is 67.5 Å². The molecule has 0 aromatic heterocycles. The van der Waals surface area contributed by atoms with Gasteiger partial charge in [0.15, 0.2) is 0 Å². The molecular weight excluding hydrogens is 419 g/mol. The third-order valence-electron chi connectivity index (χ3n) is 5.21. The zero-order valence-electron chi connectivity index (χ0n) is 15.2. The first-order chi connectivity index (χ1) is 13.4. The third kappa shape index (κ3) is 4.99. The maximum atomic E-state index is 9.59. The molecule has 2 aliphatic rings. The Hall–Kier alpha value is -1.32. The summed E-state index contributed by atoms with van der Waals surface area (Å²) in [5.74, 6) is 0. The molecule has 0 spiro atoms. The van der Waals surface area contributed by atoms with Crippen molar-refractivity contribution in [3.05, 3.63) is 67.7 Å². The van der Waals surface area contributed by atoms with Gasteiger partial charge in [0.25, 0.3) is 0 Å². The number of halogens is 3. The van der Waals surface area contributed by atoms with E-state index in [0.717, 1.165) is 42.4 Å². The number of benzene rings is 2. The summed E-state index contributed by atoms with van der Waals surface area (Å²) in [7, 11) is 0. The van der Waals surface area contributed by atoms with E-state index in [1.807, 2.05) is 18.2 Å². The van der Waals surface area contributed by atoms with Gasteiger partial charge in [0.05, 0.1) is 24.3 Å². The van der Waals surface area contributed by atoms with Crippen molar-refractivity contribution >= 4 is 34.8 Å². The summed E-state index contributed by atoms with van der Waals surface area (Å²) >= 11 is 17.9. The fourth-order valence-corrected chi connectivity index (χ4v) is 4.59. The van der Waals surface area contributed by atoms with Gasteiger partial charge in [-0.1, -0.05) is 40.9 Å². The van der Waals surface area contributed by atoms with Crippen molar-refractivity contribution in [2.75, 3.05) is 13.1 Å². The van der Waals surface area contributed by atoms with E-state index >= 15 is 0 Å². The Labute approximate surface area is 179 Å². The molecule has 2 aromatic carbocycles. The van der Waals surface area contributed by atoms with Gasteiger partial charge < -0.3 is 10.2 Å². The number of β-amino-alcohol motifs (C(OH)–C–C–N with tert-alkyl or cyclic N) is 1. The van der Waals surface area contributed by atoms with Crippen molar-refractivity contribution in [2.45, 2.75) is 38.0 Å². The molecule has 0 saturated carbocycles. The SMILES string of the molecule is N#Cc1ccc(CO)c(Cl)c1.OC1CCN([C@@H]2Cc3cc(Cl)cc(Cl)c3C2)C1. The molecule has 1 saturated heterocycles. The van der Waals surface area contributed by atoms with Crippen LogP contribution in [0.1, 0.15) is 28.7 Å². The van der Waals surface area contributed by atoms with Gasteiger partial charge in [-0.2, -0.15) is 5.26 Å². The van der Waals surface area contributed by atoms with Crippen LogP contribution < -0.4 is 0 Å². The van der Waals surface area contributed by atoms with Crippen molar-refractivity contribution in [3.8, 4) is 6.07 Å². The van der Waals surface area contributed by atoms with Gasteiger partial charge in [0.2, 0.25) is 0 Å². The number of likely N-dealkylation sites (tertiary alicyclic amines) is 1. The normalized spacial score (nSPS) is 21.0. The van der Waals surface area contributed by atoms with E-state index in [9.17, 15) is 5.11 Å². The van der Waals surface area contributed by atoms with Crippen LogP contribution in [-0.4, -0.2) is 40.3 Å². The molecule has 0 radical (unpaired) electrons. The minimum atomic E-state index is -0.155. The second-order valence-electron chi connectivity index (χ2n) is 7.10. The van der Waals surface area contributed by atoms with E-state index in [1.165, 1.54) is 17.2 Å². The Morgan fingerprint density at radius 1 is 1.11 bits per heavy atom. The predicted molar refractivity (Wildman–Crippen MR) is 112 cm³/mol. The van der Waals surface area contributed by atoms with Crippen LogP contribution >= 0.6 is 34.8 Å². The van der Waals surface area contributed by atoms with Gasteiger partial charge in [-0.15, -0.1) is 0 Å². The highest BCUT2D eigenvalue weighted by Gasteiger charge is 2.32. The average molecular weight is 440 g/mol. The molecule has 4 nitrogen and oxygen atoms in total. The number of nitrogens with zero attached hydrogens (tertiary/aromatic N) is 2. The Morgan fingerprint density at radius 3 is 2.50 bits per heavy atom. The number of aliphatic hydroxyl groups excluding tert-OH is 2. The van der Waals surface area contributed by atoms with Gasteiger partial charge in [0, 0.05) is 34.2 Å². The highest BCUT2D eigenvalue weighted by molar-refractivity contribution is 6.35. The molecule has 148 valence electrons. The fourth-order valence-electron chi connectivity index (χ4n) is 3.73. The zero-order chi connectivity index (χ0) is 20.3. The largest absolute Gasteiger partial charge is 0.392 e. The van der Waals surface area contributed by atoms with Gasteiger partial charge >= 0.3 is 0 Å². The molecule has 1 heterocycles. The number of hydrogen-bond acceptors (Lipinski definition) is 4. The third-order valence-corrected chi connectivity index (χ3v) is 6.12. The van der Waals surface area contributed by atoms with Crippen molar-refractivity contribution in [1.82, 2.24) is 4.90 Å². The second-order valence-corrected chi connectivity index (χ2v) is 8.35. The highest BCUT2D eigenvalue weighted by Crippen LogP contribution is 2.34. The Morgan fingerprint density at radius 2 is 1.89 bits per heavy atom. The van der Waals surface area contributed by atoms with Crippen LogP contribution in [0.3, 0.4) is 0 Å². The van der Waals surface area contributed by atoms with Crippen LogP contribution in [0, 0.1) is 11.3 Å². The molecule has 1 aliphatic carbocycles. The second kappa shape index (κ2) is 9.45. The molecule has 28 heavy (non-hydrogen) atoms. The highest BCUT2D eigenvalue weighted by atomic mass is 35.5. The Balaban J connectivity index is 0.000000178. The lowest BCUT2D eigenvalue weighted by Gasteiger charge is -2.22. The van der Waals surface area contributed by atoms with E-state index in [0.29, 0.717) is 22.2 Å². The molecule has 2 aromatic rings. The molecule has 2 atom stereocenters. The quantitative estimate of drug-likeness (QED) is 0.735. The minimum absolute atomic E-state index is 0.0927. The summed E-state index contributed by atoms with van der Waals surface area (Å²) in [6.45, 7) is 1.69. The molecule has 0 amide bonds. The molecule has 7 heteroatoms. The molecular formula is C21H21Cl3N2O2. The minimum Gasteiger partial charge on any atom is -0.392 e. The number of aliphatic hydroxyl groups is 2. The lowest BCUT2D eigenvalue weighted by Crippen LogP contribution is -2.34. The number of fused-ring (bicyclic) bond motifs is 1. The average Bonchev–Trinajstić information content (AvgIpc) is 3.28.